The van der Waals surface area contributed by atoms with Crippen LogP contribution >= 0.6 is 0 Å². The molecule has 3 aromatic carbocycles. The largest absolute Gasteiger partial charge is 0.397 e. The first kappa shape index (κ1) is 26.3. The van der Waals surface area contributed by atoms with E-state index in [9.17, 15) is 31.0 Å². The number of carbonyl (C=O) groups excluding carboxylic acids is 2. The number of rotatable bonds is 8. The van der Waals surface area contributed by atoms with Crippen molar-refractivity contribution in [3.8, 4) is 0 Å². The van der Waals surface area contributed by atoms with Crippen LogP contribution in [0.2, 0.25) is 0 Å². The molecule has 0 bridgehead atoms. The first-order valence-electron chi connectivity index (χ1n) is 11.0. The van der Waals surface area contributed by atoms with E-state index in [4.69, 9.17) is 10.3 Å². The Morgan fingerprint density at radius 2 is 1.41 bits per heavy atom. The van der Waals surface area contributed by atoms with E-state index in [1.54, 1.807) is 36.4 Å². The number of hydrogen-bond donors (Lipinski definition) is 5. The molecule has 11 nitrogen and oxygen atoms in total. The van der Waals surface area contributed by atoms with Gasteiger partial charge in [-0.3, -0.25) is 18.7 Å². The van der Waals surface area contributed by atoms with E-state index in [0.717, 1.165) is 6.07 Å². The highest BCUT2D eigenvalue weighted by Gasteiger charge is 2.36. The van der Waals surface area contributed by atoms with E-state index in [1.807, 2.05) is 0 Å². The second-order valence-corrected chi connectivity index (χ2v) is 11.7. The van der Waals surface area contributed by atoms with Gasteiger partial charge in [0, 0.05) is 29.0 Å². The number of hydrogen-bond acceptors (Lipinski definition) is 9. The van der Waals surface area contributed by atoms with E-state index >= 15 is 0 Å². The van der Waals surface area contributed by atoms with E-state index in [1.165, 1.54) is 19.1 Å². The first-order chi connectivity index (χ1) is 17.3. The molecule has 1 unspecified atom stereocenters. The van der Waals surface area contributed by atoms with Crippen molar-refractivity contribution in [2.75, 3.05) is 22.9 Å². The van der Waals surface area contributed by atoms with Gasteiger partial charge in [0.25, 0.3) is 20.2 Å². The van der Waals surface area contributed by atoms with Crippen molar-refractivity contribution < 1.29 is 35.5 Å². The van der Waals surface area contributed by atoms with Gasteiger partial charge < -0.3 is 16.4 Å². The molecule has 1 atom stereocenters. The number of anilines is 4. The molecular weight excluding hydrogens is 522 g/mol. The van der Waals surface area contributed by atoms with Crippen LogP contribution in [0.3, 0.4) is 0 Å². The molecule has 0 aromatic heterocycles. The SMILES string of the molecule is CC(CCNc1ccc(Nc2cc(S(=O)(=O)O)c(N)c3c2C(=O)c2ccccc2C3=O)cc1)S(=O)(=O)O. The van der Waals surface area contributed by atoms with Gasteiger partial charge in [0.05, 0.1) is 27.8 Å². The van der Waals surface area contributed by atoms with Crippen molar-refractivity contribution in [1.82, 2.24) is 0 Å². The minimum atomic E-state index is -4.83. The van der Waals surface area contributed by atoms with Crippen LogP contribution in [0.1, 0.15) is 45.2 Å². The lowest BCUT2D eigenvalue weighted by Gasteiger charge is -2.23. The molecule has 3 aromatic rings. The summed E-state index contributed by atoms with van der Waals surface area (Å²) < 4.78 is 65.1. The van der Waals surface area contributed by atoms with Gasteiger partial charge in [-0.25, -0.2) is 0 Å². The molecule has 0 heterocycles. The van der Waals surface area contributed by atoms with Crippen LogP contribution < -0.4 is 16.4 Å². The van der Waals surface area contributed by atoms with Crippen molar-refractivity contribution in [3.63, 3.8) is 0 Å². The van der Waals surface area contributed by atoms with Gasteiger partial charge >= 0.3 is 0 Å². The number of nitrogens with two attached hydrogens (primary N) is 1. The molecule has 13 heteroatoms. The fourth-order valence-electron chi connectivity index (χ4n) is 4.00. The molecule has 37 heavy (non-hydrogen) atoms. The topological polar surface area (TPSA) is 193 Å². The number of benzene rings is 3. The van der Waals surface area contributed by atoms with Gasteiger partial charge in [-0.15, -0.1) is 0 Å². The third-order valence-electron chi connectivity index (χ3n) is 6.03. The number of nitrogen functional groups attached to an aromatic ring is 1. The highest BCUT2D eigenvalue weighted by molar-refractivity contribution is 7.86. The first-order valence-corrected chi connectivity index (χ1v) is 13.9. The van der Waals surface area contributed by atoms with E-state index in [0.29, 0.717) is 11.4 Å². The average Bonchev–Trinajstić information content (AvgIpc) is 2.83. The number of carbonyl (C=O) groups is 2. The fraction of sp³-hybridized carbons (Fsp3) is 0.167. The Kier molecular flexibility index (Phi) is 6.81. The summed E-state index contributed by atoms with van der Waals surface area (Å²) in [6, 6.07) is 13.6. The second-order valence-electron chi connectivity index (χ2n) is 8.51. The number of nitrogens with one attached hydrogen (secondary N) is 2. The summed E-state index contributed by atoms with van der Waals surface area (Å²) in [4.78, 5) is 25.9. The Hall–Kier alpha value is -3.78. The van der Waals surface area contributed by atoms with Crippen molar-refractivity contribution in [2.24, 2.45) is 0 Å². The molecule has 0 spiro atoms. The van der Waals surface area contributed by atoms with Crippen LogP contribution in [0, 0.1) is 0 Å². The molecular formula is C24H23N3O8S2. The quantitative estimate of drug-likeness (QED) is 0.161. The molecule has 0 amide bonds. The zero-order chi connectivity index (χ0) is 27.1. The van der Waals surface area contributed by atoms with E-state index < -0.39 is 47.6 Å². The molecule has 0 saturated carbocycles. The third-order valence-corrected chi connectivity index (χ3v) is 8.18. The summed E-state index contributed by atoms with van der Waals surface area (Å²) in [7, 11) is -8.96. The van der Waals surface area contributed by atoms with Crippen molar-refractivity contribution in [3.05, 3.63) is 76.9 Å². The van der Waals surface area contributed by atoms with Gasteiger partial charge in [0.1, 0.15) is 4.90 Å². The zero-order valence-electron chi connectivity index (χ0n) is 19.4. The summed E-state index contributed by atoms with van der Waals surface area (Å²) in [6.07, 6.45) is 0.173. The van der Waals surface area contributed by atoms with Crippen LogP contribution in [-0.4, -0.2) is 49.3 Å². The highest BCUT2D eigenvalue weighted by atomic mass is 32.2. The van der Waals surface area contributed by atoms with Crippen molar-refractivity contribution in [2.45, 2.75) is 23.5 Å². The normalized spacial score (nSPS) is 14.0. The van der Waals surface area contributed by atoms with Crippen molar-refractivity contribution in [1.29, 1.82) is 0 Å². The lowest BCUT2D eigenvalue weighted by atomic mass is 9.82. The molecule has 0 aliphatic heterocycles. The van der Waals surface area contributed by atoms with Crippen LogP contribution in [-0.2, 0) is 20.2 Å². The lowest BCUT2D eigenvalue weighted by Crippen LogP contribution is -2.25. The Morgan fingerprint density at radius 1 is 0.865 bits per heavy atom. The average molecular weight is 546 g/mol. The number of fused-ring (bicyclic) bond motifs is 2. The second kappa shape index (κ2) is 9.59. The molecule has 0 radical (unpaired) electrons. The molecule has 0 fully saturated rings. The maximum Gasteiger partial charge on any atom is 0.296 e. The molecule has 4 rings (SSSR count). The lowest BCUT2D eigenvalue weighted by molar-refractivity contribution is 0.0980. The van der Waals surface area contributed by atoms with Gasteiger partial charge in [-0.2, -0.15) is 16.8 Å². The third kappa shape index (κ3) is 5.20. The molecule has 1 aliphatic carbocycles. The predicted molar refractivity (Wildman–Crippen MR) is 138 cm³/mol. The maximum absolute atomic E-state index is 13.3. The fourth-order valence-corrected chi connectivity index (χ4v) is 5.06. The van der Waals surface area contributed by atoms with Crippen LogP contribution in [0.15, 0.2) is 59.5 Å². The molecule has 194 valence electrons. The van der Waals surface area contributed by atoms with Gasteiger partial charge in [-0.05, 0) is 43.7 Å². The van der Waals surface area contributed by atoms with Crippen LogP contribution in [0.25, 0.3) is 0 Å². The predicted octanol–water partition coefficient (Wildman–Crippen LogP) is 3.11. The Balaban J connectivity index is 1.68. The van der Waals surface area contributed by atoms with E-state index in [-0.39, 0.29) is 40.9 Å². The van der Waals surface area contributed by atoms with Crippen molar-refractivity contribution >= 4 is 54.6 Å². The molecule has 1 aliphatic rings. The smallest absolute Gasteiger partial charge is 0.296 e. The van der Waals surface area contributed by atoms with E-state index in [2.05, 4.69) is 10.6 Å². The summed E-state index contributed by atoms with van der Waals surface area (Å²) in [5, 5.41) is 5.02. The summed E-state index contributed by atoms with van der Waals surface area (Å²) in [5.41, 5.74) is 6.26. The summed E-state index contributed by atoms with van der Waals surface area (Å²) in [6.45, 7) is 1.66. The standard InChI is InChI=1S/C24H23N3O8S2/c1-13(36(30,31)32)10-11-26-14-6-8-15(9-7-14)27-18-12-19(37(33,34)35)22(25)21-20(18)23(28)16-4-2-3-5-17(16)24(21)29/h2-9,12-13,26-27H,10-11,25H2,1H3,(H,30,31,32)(H,33,34,35). The van der Waals surface area contributed by atoms with Crippen LogP contribution in [0.4, 0.5) is 22.7 Å². The number of ketones is 2. The monoisotopic (exact) mass is 545 g/mol. The zero-order valence-corrected chi connectivity index (χ0v) is 21.1. The van der Waals surface area contributed by atoms with Crippen LogP contribution in [0.5, 0.6) is 0 Å². The minimum absolute atomic E-state index is 0.0348. The Morgan fingerprint density at radius 3 is 1.95 bits per heavy atom. The van der Waals surface area contributed by atoms with Gasteiger partial charge in [-0.1, -0.05) is 24.3 Å². The molecule has 0 saturated heterocycles. The Labute approximate surface area is 213 Å². The molecule has 6 N–H and O–H groups in total. The summed E-state index contributed by atoms with van der Waals surface area (Å²) in [5.74, 6) is -1.18. The summed E-state index contributed by atoms with van der Waals surface area (Å²) >= 11 is 0. The highest BCUT2D eigenvalue weighted by Crippen LogP contribution is 2.40. The minimum Gasteiger partial charge on any atom is -0.397 e. The Bertz CT molecular complexity index is 1630. The maximum atomic E-state index is 13.3. The van der Waals surface area contributed by atoms with Gasteiger partial charge in [0.15, 0.2) is 11.6 Å². The van der Waals surface area contributed by atoms with Gasteiger partial charge in [0.2, 0.25) is 0 Å².